The van der Waals surface area contributed by atoms with Crippen LogP contribution in [0, 0.1) is 6.92 Å². The van der Waals surface area contributed by atoms with Gasteiger partial charge in [0.05, 0.1) is 6.04 Å². The van der Waals surface area contributed by atoms with E-state index in [4.69, 9.17) is 10.3 Å². The zero-order valence-electron chi connectivity index (χ0n) is 12.3. The van der Waals surface area contributed by atoms with Crippen LogP contribution in [-0.4, -0.2) is 0 Å². The predicted octanol–water partition coefficient (Wildman–Crippen LogP) is 4.11. The van der Waals surface area contributed by atoms with Crippen molar-refractivity contribution in [2.24, 2.45) is 5.84 Å². The van der Waals surface area contributed by atoms with E-state index < -0.39 is 0 Å². The molecule has 0 aliphatic rings. The van der Waals surface area contributed by atoms with Crippen molar-refractivity contribution in [3.05, 3.63) is 57.5 Å². The first-order chi connectivity index (χ1) is 10.2. The maximum Gasteiger partial charge on any atom is 0.134 e. The van der Waals surface area contributed by atoms with Crippen LogP contribution in [0.2, 0.25) is 0 Å². The normalized spacial score (nSPS) is 12.9. The Morgan fingerprint density at radius 1 is 1.19 bits per heavy atom. The molecular formula is C17H20N2OS. The van der Waals surface area contributed by atoms with Crippen molar-refractivity contribution in [1.82, 2.24) is 5.43 Å². The smallest absolute Gasteiger partial charge is 0.134 e. The van der Waals surface area contributed by atoms with Crippen molar-refractivity contribution >= 4 is 22.3 Å². The summed E-state index contributed by atoms with van der Waals surface area (Å²) >= 11 is 1.84. The second-order valence-corrected chi connectivity index (χ2v) is 6.59. The third-order valence-electron chi connectivity index (χ3n) is 3.71. The molecule has 3 aromatic rings. The molecule has 0 aliphatic carbocycles. The summed E-state index contributed by atoms with van der Waals surface area (Å²) in [6.07, 6.45) is 1.93. The topological polar surface area (TPSA) is 51.2 Å². The summed E-state index contributed by atoms with van der Waals surface area (Å²) in [6, 6.07) is 12.7. The lowest BCUT2D eigenvalue weighted by molar-refractivity contribution is 0.436. The van der Waals surface area contributed by atoms with Gasteiger partial charge in [-0.3, -0.25) is 5.84 Å². The lowest BCUT2D eigenvalue weighted by atomic mass is 10.1. The molecule has 0 aliphatic heterocycles. The van der Waals surface area contributed by atoms with Gasteiger partial charge >= 0.3 is 0 Å². The zero-order valence-corrected chi connectivity index (χ0v) is 13.2. The number of furan rings is 1. The van der Waals surface area contributed by atoms with Gasteiger partial charge in [0.25, 0.3) is 0 Å². The second-order valence-electron chi connectivity index (χ2n) is 5.34. The van der Waals surface area contributed by atoms with Gasteiger partial charge in [0.2, 0.25) is 0 Å². The first-order valence-electron chi connectivity index (χ1n) is 7.23. The van der Waals surface area contributed by atoms with Crippen molar-refractivity contribution < 1.29 is 4.42 Å². The highest BCUT2D eigenvalue weighted by atomic mass is 32.1. The summed E-state index contributed by atoms with van der Waals surface area (Å²) in [5, 5.41) is 1.13. The Morgan fingerprint density at radius 3 is 2.71 bits per heavy atom. The van der Waals surface area contributed by atoms with E-state index in [0.29, 0.717) is 0 Å². The number of nitrogens with one attached hydrogen (secondary N) is 1. The monoisotopic (exact) mass is 300 g/mol. The number of rotatable bonds is 5. The van der Waals surface area contributed by atoms with Gasteiger partial charge in [-0.05, 0) is 43.7 Å². The molecule has 4 heteroatoms. The third-order valence-corrected chi connectivity index (χ3v) is 4.96. The Morgan fingerprint density at radius 2 is 2.00 bits per heavy atom. The van der Waals surface area contributed by atoms with Crippen LogP contribution in [-0.2, 0) is 12.8 Å². The molecule has 2 aromatic heterocycles. The molecule has 0 amide bonds. The van der Waals surface area contributed by atoms with Gasteiger partial charge in [-0.15, -0.1) is 11.3 Å². The Hall–Kier alpha value is -1.62. The summed E-state index contributed by atoms with van der Waals surface area (Å²) in [6.45, 7) is 4.26. The van der Waals surface area contributed by atoms with Crippen LogP contribution < -0.4 is 11.3 Å². The van der Waals surface area contributed by atoms with Crippen molar-refractivity contribution in [3.8, 4) is 0 Å². The Kier molecular flexibility index (Phi) is 4.10. The van der Waals surface area contributed by atoms with Crippen LogP contribution in [0.5, 0.6) is 0 Å². The van der Waals surface area contributed by atoms with Crippen molar-refractivity contribution in [2.45, 2.75) is 32.7 Å². The van der Waals surface area contributed by atoms with Crippen LogP contribution in [0.15, 0.2) is 40.8 Å². The summed E-state index contributed by atoms with van der Waals surface area (Å²) in [5.74, 6) is 6.63. The number of nitrogens with two attached hydrogens (primary N) is 1. The third kappa shape index (κ3) is 3.02. The molecule has 2 heterocycles. The van der Waals surface area contributed by atoms with Gasteiger partial charge in [-0.1, -0.05) is 18.6 Å². The lowest BCUT2D eigenvalue weighted by Crippen LogP contribution is -2.29. The van der Waals surface area contributed by atoms with E-state index in [1.165, 1.54) is 15.3 Å². The number of benzene rings is 1. The summed E-state index contributed by atoms with van der Waals surface area (Å²) in [4.78, 5) is 2.73. The largest absolute Gasteiger partial charge is 0.459 e. The van der Waals surface area contributed by atoms with E-state index in [2.05, 4.69) is 49.6 Å². The summed E-state index contributed by atoms with van der Waals surface area (Å²) < 4.78 is 5.94. The number of hydrazine groups is 1. The van der Waals surface area contributed by atoms with Gasteiger partial charge < -0.3 is 4.42 Å². The average molecular weight is 300 g/mol. The number of fused-ring (bicyclic) bond motifs is 1. The van der Waals surface area contributed by atoms with Gasteiger partial charge in [0.15, 0.2) is 0 Å². The number of thiophene rings is 1. The van der Waals surface area contributed by atoms with Gasteiger partial charge in [-0.2, -0.15) is 0 Å². The minimum absolute atomic E-state index is 0.000984. The van der Waals surface area contributed by atoms with Gasteiger partial charge in [0.1, 0.15) is 11.3 Å². The molecule has 21 heavy (non-hydrogen) atoms. The number of hydrogen-bond donors (Lipinski definition) is 2. The maximum absolute atomic E-state index is 5.94. The second kappa shape index (κ2) is 6.02. The van der Waals surface area contributed by atoms with Crippen molar-refractivity contribution in [3.63, 3.8) is 0 Å². The van der Waals surface area contributed by atoms with E-state index >= 15 is 0 Å². The quantitative estimate of drug-likeness (QED) is 0.550. The molecule has 3 nitrogen and oxygen atoms in total. The first-order valence-corrected chi connectivity index (χ1v) is 8.05. The molecule has 1 aromatic carbocycles. The number of aryl methyl sites for hydroxylation is 2. The lowest BCUT2D eigenvalue weighted by Gasteiger charge is -2.11. The number of hydrogen-bond acceptors (Lipinski definition) is 4. The summed E-state index contributed by atoms with van der Waals surface area (Å²) in [7, 11) is 0. The molecule has 0 spiro atoms. The minimum atomic E-state index is 0.000984. The van der Waals surface area contributed by atoms with Crippen molar-refractivity contribution in [1.29, 1.82) is 0 Å². The Labute approximate surface area is 128 Å². The van der Waals surface area contributed by atoms with E-state index in [9.17, 15) is 0 Å². The highest BCUT2D eigenvalue weighted by molar-refractivity contribution is 7.11. The minimum Gasteiger partial charge on any atom is -0.459 e. The molecule has 110 valence electrons. The molecule has 1 unspecified atom stereocenters. The molecule has 0 saturated carbocycles. The molecular weight excluding hydrogens is 280 g/mol. The SMILES string of the molecule is CCc1ccc(CC(NN)c2cc3cc(C)ccc3o2)s1. The fourth-order valence-electron chi connectivity index (χ4n) is 2.52. The first kappa shape index (κ1) is 14.3. The van der Waals surface area contributed by atoms with E-state index in [0.717, 1.165) is 29.6 Å². The molecule has 1 atom stereocenters. The Bertz CT molecular complexity index is 744. The van der Waals surface area contributed by atoms with E-state index in [1.54, 1.807) is 0 Å². The van der Waals surface area contributed by atoms with Crippen molar-refractivity contribution in [2.75, 3.05) is 0 Å². The Balaban J connectivity index is 1.86. The van der Waals surface area contributed by atoms with E-state index in [-0.39, 0.29) is 6.04 Å². The predicted molar refractivity (Wildman–Crippen MR) is 88.4 cm³/mol. The van der Waals surface area contributed by atoms with Gasteiger partial charge in [-0.25, -0.2) is 5.43 Å². The van der Waals surface area contributed by atoms with Crippen LogP contribution in [0.1, 0.15) is 34.0 Å². The van der Waals surface area contributed by atoms with Crippen LogP contribution in [0.4, 0.5) is 0 Å². The standard InChI is InChI=1S/C17H20N2OS/c1-3-13-5-6-14(21-13)10-15(19-18)17-9-12-8-11(2)4-7-16(12)20-17/h4-9,15,19H,3,10,18H2,1-2H3. The molecule has 0 fully saturated rings. The van der Waals surface area contributed by atoms with E-state index in [1.807, 2.05) is 17.4 Å². The molecule has 3 N–H and O–H groups in total. The van der Waals surface area contributed by atoms with Crippen LogP contribution >= 0.6 is 11.3 Å². The fourth-order valence-corrected chi connectivity index (χ4v) is 3.52. The van der Waals surface area contributed by atoms with Crippen LogP contribution in [0.3, 0.4) is 0 Å². The maximum atomic E-state index is 5.94. The molecule has 3 rings (SSSR count). The highest BCUT2D eigenvalue weighted by Crippen LogP contribution is 2.28. The zero-order chi connectivity index (χ0) is 14.8. The fraction of sp³-hybridized carbons (Fsp3) is 0.294. The van der Waals surface area contributed by atoms with Crippen LogP contribution in [0.25, 0.3) is 11.0 Å². The molecule has 0 radical (unpaired) electrons. The average Bonchev–Trinajstić information content (AvgIpc) is 3.10. The van der Waals surface area contributed by atoms with Gasteiger partial charge in [0, 0.05) is 21.6 Å². The summed E-state index contributed by atoms with van der Waals surface area (Å²) in [5.41, 5.74) is 5.03. The molecule has 0 bridgehead atoms. The molecule has 0 saturated heterocycles. The highest BCUT2D eigenvalue weighted by Gasteiger charge is 2.16.